The van der Waals surface area contributed by atoms with Crippen LogP contribution in [0.15, 0.2) is 72.8 Å². The third-order valence-electron chi connectivity index (χ3n) is 6.49. The SMILES string of the molecule is Cc1ccc(-c2nc3ccccc3s2)cc1Nc1nc(Nc2cc(C3CC3)[nH]n2)c2ccccc2n1. The van der Waals surface area contributed by atoms with Crippen LogP contribution in [-0.2, 0) is 0 Å². The average molecular weight is 490 g/mol. The van der Waals surface area contributed by atoms with Gasteiger partial charge < -0.3 is 10.6 Å². The number of nitrogens with zero attached hydrogens (tertiary/aromatic N) is 4. The van der Waals surface area contributed by atoms with Crippen molar-refractivity contribution in [3.63, 3.8) is 0 Å². The maximum atomic E-state index is 4.84. The summed E-state index contributed by atoms with van der Waals surface area (Å²) in [7, 11) is 0. The van der Waals surface area contributed by atoms with Gasteiger partial charge in [0.1, 0.15) is 10.8 Å². The molecule has 0 atom stereocenters. The molecule has 36 heavy (non-hydrogen) atoms. The van der Waals surface area contributed by atoms with Crippen LogP contribution in [-0.4, -0.2) is 25.1 Å². The van der Waals surface area contributed by atoms with E-state index < -0.39 is 0 Å². The molecule has 1 aliphatic rings. The van der Waals surface area contributed by atoms with Gasteiger partial charge in [-0.15, -0.1) is 11.3 Å². The third kappa shape index (κ3) is 3.95. The molecule has 7 nitrogen and oxygen atoms in total. The van der Waals surface area contributed by atoms with Crippen LogP contribution in [0.4, 0.5) is 23.3 Å². The smallest absolute Gasteiger partial charge is 0.229 e. The maximum Gasteiger partial charge on any atom is 0.229 e. The molecule has 3 aromatic heterocycles. The number of hydrogen-bond acceptors (Lipinski definition) is 7. The molecular formula is C28H23N7S. The highest BCUT2D eigenvalue weighted by atomic mass is 32.1. The lowest BCUT2D eigenvalue weighted by Gasteiger charge is -2.13. The normalized spacial score (nSPS) is 13.4. The molecular weight excluding hydrogens is 466 g/mol. The van der Waals surface area contributed by atoms with Gasteiger partial charge in [-0.25, -0.2) is 9.97 Å². The zero-order valence-electron chi connectivity index (χ0n) is 19.6. The molecule has 3 aromatic carbocycles. The van der Waals surface area contributed by atoms with Crippen LogP contribution in [0.25, 0.3) is 31.7 Å². The van der Waals surface area contributed by atoms with Crippen molar-refractivity contribution in [1.29, 1.82) is 0 Å². The summed E-state index contributed by atoms with van der Waals surface area (Å²) >= 11 is 1.70. The predicted octanol–water partition coefficient (Wildman–Crippen LogP) is 7.30. The number of fused-ring (bicyclic) bond motifs is 2. The van der Waals surface area contributed by atoms with Crippen molar-refractivity contribution >= 4 is 55.7 Å². The topological polar surface area (TPSA) is 91.4 Å². The molecule has 6 aromatic rings. The first-order valence-electron chi connectivity index (χ1n) is 12.0. The highest BCUT2D eigenvalue weighted by Crippen LogP contribution is 2.40. The molecule has 0 radical (unpaired) electrons. The largest absolute Gasteiger partial charge is 0.324 e. The lowest BCUT2D eigenvalue weighted by molar-refractivity contribution is 0.966. The van der Waals surface area contributed by atoms with Crippen molar-refractivity contribution in [1.82, 2.24) is 25.1 Å². The van der Waals surface area contributed by atoms with Crippen LogP contribution < -0.4 is 10.6 Å². The van der Waals surface area contributed by atoms with Crippen LogP contribution in [0.5, 0.6) is 0 Å². The molecule has 0 aliphatic heterocycles. The number of anilines is 4. The van der Waals surface area contributed by atoms with E-state index in [1.165, 1.54) is 23.2 Å². The van der Waals surface area contributed by atoms with Gasteiger partial charge in [-0.2, -0.15) is 10.1 Å². The maximum absolute atomic E-state index is 4.84. The van der Waals surface area contributed by atoms with Crippen LogP contribution in [0.3, 0.4) is 0 Å². The van der Waals surface area contributed by atoms with E-state index in [0.717, 1.165) is 49.9 Å². The van der Waals surface area contributed by atoms with Crippen molar-refractivity contribution in [3.05, 3.63) is 84.1 Å². The number of thiazole rings is 1. The van der Waals surface area contributed by atoms with E-state index in [4.69, 9.17) is 15.0 Å². The number of nitrogens with one attached hydrogen (secondary N) is 3. The second-order valence-corrected chi connectivity index (χ2v) is 10.2. The summed E-state index contributed by atoms with van der Waals surface area (Å²) in [4.78, 5) is 14.5. The summed E-state index contributed by atoms with van der Waals surface area (Å²) in [6, 6.07) is 24.6. The number of para-hydroxylation sites is 2. The zero-order valence-corrected chi connectivity index (χ0v) is 20.4. The Morgan fingerprint density at radius 3 is 2.56 bits per heavy atom. The zero-order chi connectivity index (χ0) is 24.1. The van der Waals surface area contributed by atoms with Gasteiger partial charge in [-0.05, 0) is 55.7 Å². The van der Waals surface area contributed by atoms with Gasteiger partial charge in [-0.3, -0.25) is 5.10 Å². The third-order valence-corrected chi connectivity index (χ3v) is 7.57. The number of aromatic amines is 1. The number of hydrogen-bond donors (Lipinski definition) is 3. The fraction of sp³-hybridized carbons (Fsp3) is 0.143. The van der Waals surface area contributed by atoms with E-state index in [-0.39, 0.29) is 0 Å². The summed E-state index contributed by atoms with van der Waals surface area (Å²) in [5.41, 5.74) is 6.17. The standard InChI is InChI=1S/C28H23N7S/c1-16-10-11-18(27-29-21-8-4-5-9-24(21)36-27)14-22(16)31-28-30-20-7-3-2-6-19(20)26(33-28)32-25-15-23(34-35-25)17-12-13-17/h2-11,14-15,17H,12-13H2,1H3,(H3,30,31,32,33,34,35). The Hall–Kier alpha value is -4.30. The van der Waals surface area contributed by atoms with Crippen LogP contribution in [0, 0.1) is 6.92 Å². The van der Waals surface area contributed by atoms with Gasteiger partial charge in [0.2, 0.25) is 5.95 Å². The van der Waals surface area contributed by atoms with E-state index in [2.05, 4.69) is 58.1 Å². The van der Waals surface area contributed by atoms with Crippen molar-refractivity contribution in [2.75, 3.05) is 10.6 Å². The Kier molecular flexibility index (Phi) is 4.92. The molecule has 3 N–H and O–H groups in total. The molecule has 1 aliphatic carbocycles. The number of H-pyrrole nitrogens is 1. The Balaban J connectivity index is 1.24. The van der Waals surface area contributed by atoms with Gasteiger partial charge in [0, 0.05) is 34.3 Å². The second-order valence-electron chi connectivity index (χ2n) is 9.16. The summed E-state index contributed by atoms with van der Waals surface area (Å²) < 4.78 is 1.18. The van der Waals surface area contributed by atoms with E-state index in [0.29, 0.717) is 11.9 Å². The first kappa shape index (κ1) is 21.0. The molecule has 1 saturated carbocycles. The minimum Gasteiger partial charge on any atom is -0.324 e. The quantitative estimate of drug-likeness (QED) is 0.227. The van der Waals surface area contributed by atoms with Crippen molar-refractivity contribution in [2.45, 2.75) is 25.7 Å². The second kappa shape index (κ2) is 8.42. The molecule has 3 heterocycles. The minimum absolute atomic E-state index is 0.527. The molecule has 0 bridgehead atoms. The van der Waals surface area contributed by atoms with E-state index in [9.17, 15) is 0 Å². The minimum atomic E-state index is 0.527. The molecule has 0 spiro atoms. The first-order valence-corrected chi connectivity index (χ1v) is 12.8. The molecule has 0 saturated heterocycles. The van der Waals surface area contributed by atoms with Crippen molar-refractivity contribution in [2.24, 2.45) is 0 Å². The summed E-state index contributed by atoms with van der Waals surface area (Å²) in [5.74, 6) is 2.62. The lowest BCUT2D eigenvalue weighted by atomic mass is 10.1. The van der Waals surface area contributed by atoms with Gasteiger partial charge in [-0.1, -0.05) is 36.4 Å². The van der Waals surface area contributed by atoms with Crippen molar-refractivity contribution in [3.8, 4) is 10.6 Å². The first-order chi connectivity index (χ1) is 17.7. The predicted molar refractivity (Wildman–Crippen MR) is 146 cm³/mol. The summed E-state index contributed by atoms with van der Waals surface area (Å²) in [6.07, 6.45) is 2.45. The highest BCUT2D eigenvalue weighted by molar-refractivity contribution is 7.21. The van der Waals surface area contributed by atoms with Gasteiger partial charge in [0.15, 0.2) is 5.82 Å². The van der Waals surface area contributed by atoms with Gasteiger partial charge >= 0.3 is 0 Å². The van der Waals surface area contributed by atoms with Crippen LogP contribution in [0.2, 0.25) is 0 Å². The van der Waals surface area contributed by atoms with Gasteiger partial charge in [0.25, 0.3) is 0 Å². The fourth-order valence-electron chi connectivity index (χ4n) is 4.36. The Bertz CT molecular complexity index is 1700. The monoisotopic (exact) mass is 489 g/mol. The van der Waals surface area contributed by atoms with Gasteiger partial charge in [0.05, 0.1) is 15.7 Å². The van der Waals surface area contributed by atoms with Crippen LogP contribution in [0.1, 0.15) is 30.0 Å². The number of aromatic nitrogens is 5. The van der Waals surface area contributed by atoms with Crippen molar-refractivity contribution < 1.29 is 0 Å². The lowest BCUT2D eigenvalue weighted by Crippen LogP contribution is -2.03. The fourth-order valence-corrected chi connectivity index (χ4v) is 5.32. The van der Waals surface area contributed by atoms with E-state index >= 15 is 0 Å². The van der Waals surface area contributed by atoms with E-state index in [1.807, 2.05) is 42.5 Å². The molecule has 0 unspecified atom stereocenters. The number of rotatable bonds is 6. The number of benzene rings is 3. The molecule has 176 valence electrons. The number of aryl methyl sites for hydroxylation is 1. The highest BCUT2D eigenvalue weighted by Gasteiger charge is 2.25. The molecule has 1 fully saturated rings. The average Bonchev–Trinajstić information content (AvgIpc) is 3.48. The Morgan fingerprint density at radius 2 is 1.69 bits per heavy atom. The Morgan fingerprint density at radius 1 is 0.861 bits per heavy atom. The van der Waals surface area contributed by atoms with E-state index in [1.54, 1.807) is 11.3 Å². The summed E-state index contributed by atoms with van der Waals surface area (Å²) in [5, 5.41) is 16.4. The Labute approximate surface area is 211 Å². The molecule has 0 amide bonds. The van der Waals surface area contributed by atoms with Crippen LogP contribution >= 0.6 is 11.3 Å². The molecule has 7 rings (SSSR count). The molecule has 8 heteroatoms. The summed E-state index contributed by atoms with van der Waals surface area (Å²) in [6.45, 7) is 2.08.